The van der Waals surface area contributed by atoms with Gasteiger partial charge in [0, 0.05) is 18.4 Å². The zero-order valence-electron chi connectivity index (χ0n) is 19.2. The molecule has 0 aliphatic rings. The summed E-state index contributed by atoms with van der Waals surface area (Å²) in [6.45, 7) is 10.4. The third-order valence-corrected chi connectivity index (χ3v) is 4.66. The Bertz CT molecular complexity index is 1010. The monoisotopic (exact) mass is 427 g/mol. The summed E-state index contributed by atoms with van der Waals surface area (Å²) in [5, 5.41) is 0.647. The summed E-state index contributed by atoms with van der Waals surface area (Å²) >= 11 is 0. The van der Waals surface area contributed by atoms with Crippen molar-refractivity contribution in [3.63, 3.8) is 0 Å². The number of H-pyrrole nitrogens is 1. The van der Waals surface area contributed by atoms with E-state index in [1.807, 2.05) is 19.1 Å². The van der Waals surface area contributed by atoms with Gasteiger partial charge < -0.3 is 19.2 Å². The zero-order chi connectivity index (χ0) is 22.8. The number of hydrogen-bond donors (Lipinski definition) is 1. The van der Waals surface area contributed by atoms with E-state index in [0.29, 0.717) is 23.3 Å². The molecule has 0 unspecified atom stereocenters. The summed E-state index contributed by atoms with van der Waals surface area (Å²) in [6, 6.07) is 5.39. The summed E-state index contributed by atoms with van der Waals surface area (Å²) in [5.41, 5.74) is 2.53. The molecular formula is C25H33NO5. The lowest BCUT2D eigenvalue weighted by atomic mass is 10.1. The molecule has 2 rings (SSSR count). The number of hydrogen-bond acceptors (Lipinski definition) is 5. The van der Waals surface area contributed by atoms with Crippen molar-refractivity contribution in [2.24, 2.45) is 0 Å². The fraction of sp³-hybridized carbons (Fsp3) is 0.440. The maximum atomic E-state index is 12.6. The molecule has 0 fully saturated rings. The number of rotatable bonds is 11. The van der Waals surface area contributed by atoms with Crippen molar-refractivity contribution in [3.8, 4) is 17.2 Å². The normalized spacial score (nSPS) is 11.3. The number of benzene rings is 1. The standard InChI is InChI=1S/C25H33NO5/c1-6-7-14-29-20-11-12-21-22(16-20)26-25(28)24(31-19(5)27)23(21)30-15-13-18(4)10-8-9-17(2)3/h9,11-13,16H,6-8,10,14-15H2,1-5H3,(H,26,28)/b18-13+. The van der Waals surface area contributed by atoms with E-state index < -0.39 is 11.5 Å². The van der Waals surface area contributed by atoms with Crippen LogP contribution in [0.2, 0.25) is 0 Å². The predicted molar refractivity (Wildman–Crippen MR) is 124 cm³/mol. The van der Waals surface area contributed by atoms with Gasteiger partial charge in [-0.15, -0.1) is 0 Å². The summed E-state index contributed by atoms with van der Waals surface area (Å²) in [7, 11) is 0. The highest BCUT2D eigenvalue weighted by atomic mass is 16.6. The quantitative estimate of drug-likeness (QED) is 0.283. The van der Waals surface area contributed by atoms with Gasteiger partial charge in [-0.3, -0.25) is 9.59 Å². The van der Waals surface area contributed by atoms with Gasteiger partial charge >= 0.3 is 5.97 Å². The fourth-order valence-electron chi connectivity index (χ4n) is 2.99. The minimum absolute atomic E-state index is 0.129. The van der Waals surface area contributed by atoms with Crippen LogP contribution in [0.5, 0.6) is 17.2 Å². The first-order valence-electron chi connectivity index (χ1n) is 10.7. The predicted octanol–water partition coefficient (Wildman–Crippen LogP) is 5.70. The summed E-state index contributed by atoms with van der Waals surface area (Å²) in [6.07, 6.45) is 8.06. The molecule has 1 heterocycles. The van der Waals surface area contributed by atoms with Crippen molar-refractivity contribution >= 4 is 16.9 Å². The van der Waals surface area contributed by atoms with Crippen LogP contribution in [-0.4, -0.2) is 24.2 Å². The van der Waals surface area contributed by atoms with Crippen LogP contribution in [0.1, 0.15) is 60.3 Å². The molecule has 0 aliphatic heterocycles. The minimum atomic E-state index is -0.581. The van der Waals surface area contributed by atoms with Crippen LogP contribution in [0.15, 0.2) is 46.3 Å². The average molecular weight is 428 g/mol. The Hall–Kier alpha value is -3.02. The topological polar surface area (TPSA) is 77.6 Å². The van der Waals surface area contributed by atoms with Gasteiger partial charge in [-0.1, -0.05) is 30.6 Å². The van der Waals surface area contributed by atoms with Gasteiger partial charge in [0.05, 0.1) is 12.1 Å². The van der Waals surface area contributed by atoms with Crippen molar-refractivity contribution in [2.75, 3.05) is 13.2 Å². The highest BCUT2D eigenvalue weighted by molar-refractivity contribution is 5.89. The van der Waals surface area contributed by atoms with Crippen molar-refractivity contribution in [1.29, 1.82) is 0 Å². The molecule has 0 bridgehead atoms. The van der Waals surface area contributed by atoms with E-state index in [2.05, 4.69) is 31.8 Å². The van der Waals surface area contributed by atoms with Crippen molar-refractivity contribution in [2.45, 2.75) is 60.3 Å². The number of ether oxygens (including phenoxy) is 3. The molecule has 1 aromatic carbocycles. The lowest BCUT2D eigenvalue weighted by molar-refractivity contribution is -0.132. The Morgan fingerprint density at radius 1 is 1.06 bits per heavy atom. The molecular weight excluding hydrogens is 394 g/mol. The first-order valence-corrected chi connectivity index (χ1v) is 10.7. The molecule has 0 saturated carbocycles. The number of carbonyl (C=O) groups is 1. The Morgan fingerprint density at radius 3 is 2.52 bits per heavy atom. The molecule has 0 atom stereocenters. The van der Waals surface area contributed by atoms with E-state index in [1.54, 1.807) is 12.1 Å². The largest absolute Gasteiger partial charge is 0.494 e. The SMILES string of the molecule is CCCCOc1ccc2c(OC/C=C(\C)CCC=C(C)C)c(OC(C)=O)c(=O)[nH]c2c1. The second kappa shape index (κ2) is 12.0. The first kappa shape index (κ1) is 24.3. The first-order chi connectivity index (χ1) is 14.8. The van der Waals surface area contributed by atoms with Gasteiger partial charge in [0.25, 0.3) is 5.56 Å². The number of unbranched alkanes of at least 4 members (excludes halogenated alkanes) is 1. The number of allylic oxidation sites excluding steroid dienone is 3. The molecule has 31 heavy (non-hydrogen) atoms. The lowest BCUT2D eigenvalue weighted by Gasteiger charge is -2.13. The summed E-state index contributed by atoms with van der Waals surface area (Å²) < 4.78 is 16.8. The van der Waals surface area contributed by atoms with Gasteiger partial charge in [-0.25, -0.2) is 0 Å². The lowest BCUT2D eigenvalue weighted by Crippen LogP contribution is -2.16. The third-order valence-electron chi connectivity index (χ3n) is 4.66. The minimum Gasteiger partial charge on any atom is -0.494 e. The van der Waals surface area contributed by atoms with E-state index in [1.165, 1.54) is 18.1 Å². The number of aromatic amines is 1. The number of aromatic nitrogens is 1. The molecule has 2 aromatic rings. The van der Waals surface area contributed by atoms with E-state index in [4.69, 9.17) is 14.2 Å². The highest BCUT2D eigenvalue weighted by Crippen LogP contribution is 2.33. The number of esters is 1. The number of fused-ring (bicyclic) bond motifs is 1. The third kappa shape index (κ3) is 7.63. The molecule has 1 N–H and O–H groups in total. The zero-order valence-corrected chi connectivity index (χ0v) is 19.2. The average Bonchev–Trinajstić information content (AvgIpc) is 2.69. The van der Waals surface area contributed by atoms with Crippen molar-refractivity contribution < 1.29 is 19.0 Å². The Labute approximate surface area is 183 Å². The summed E-state index contributed by atoms with van der Waals surface area (Å²) in [4.78, 5) is 26.9. The van der Waals surface area contributed by atoms with Gasteiger partial charge in [0.2, 0.25) is 5.75 Å². The molecule has 6 heteroatoms. The molecule has 0 spiro atoms. The van der Waals surface area contributed by atoms with Crippen LogP contribution in [0, 0.1) is 0 Å². The van der Waals surface area contributed by atoms with Gasteiger partial charge in [-0.05, 0) is 58.2 Å². The van der Waals surface area contributed by atoms with Crippen molar-refractivity contribution in [1.82, 2.24) is 4.98 Å². The van der Waals surface area contributed by atoms with Crippen LogP contribution in [0.25, 0.3) is 10.9 Å². The smallest absolute Gasteiger partial charge is 0.308 e. The highest BCUT2D eigenvalue weighted by Gasteiger charge is 2.18. The Balaban J connectivity index is 2.30. The van der Waals surface area contributed by atoms with Gasteiger partial charge in [0.1, 0.15) is 12.4 Å². The molecule has 1 aromatic heterocycles. The van der Waals surface area contributed by atoms with Gasteiger partial charge in [-0.2, -0.15) is 0 Å². The van der Waals surface area contributed by atoms with E-state index >= 15 is 0 Å². The molecule has 0 radical (unpaired) electrons. The second-order valence-corrected chi connectivity index (χ2v) is 7.80. The molecule has 168 valence electrons. The van der Waals surface area contributed by atoms with E-state index in [0.717, 1.165) is 25.7 Å². The second-order valence-electron chi connectivity index (χ2n) is 7.80. The molecule has 0 amide bonds. The Kier molecular flexibility index (Phi) is 9.38. The Morgan fingerprint density at radius 2 is 1.84 bits per heavy atom. The van der Waals surface area contributed by atoms with Crippen LogP contribution in [-0.2, 0) is 4.79 Å². The van der Waals surface area contributed by atoms with Crippen LogP contribution >= 0.6 is 0 Å². The fourth-order valence-corrected chi connectivity index (χ4v) is 2.99. The number of pyridine rings is 1. The van der Waals surface area contributed by atoms with Crippen LogP contribution in [0.4, 0.5) is 0 Å². The maximum absolute atomic E-state index is 12.6. The number of nitrogens with one attached hydrogen (secondary N) is 1. The van der Waals surface area contributed by atoms with Crippen LogP contribution in [0.3, 0.4) is 0 Å². The maximum Gasteiger partial charge on any atom is 0.308 e. The number of carbonyl (C=O) groups excluding carboxylic acids is 1. The van der Waals surface area contributed by atoms with E-state index in [9.17, 15) is 9.59 Å². The molecule has 6 nitrogen and oxygen atoms in total. The molecule has 0 aliphatic carbocycles. The molecule has 0 saturated heterocycles. The van der Waals surface area contributed by atoms with Gasteiger partial charge in [0.15, 0.2) is 5.75 Å². The van der Waals surface area contributed by atoms with Crippen molar-refractivity contribution in [3.05, 3.63) is 51.9 Å². The van der Waals surface area contributed by atoms with Crippen LogP contribution < -0.4 is 19.8 Å². The summed E-state index contributed by atoms with van der Waals surface area (Å²) in [5.74, 6) is 0.207. The van der Waals surface area contributed by atoms with E-state index in [-0.39, 0.29) is 18.1 Å².